The summed E-state index contributed by atoms with van der Waals surface area (Å²) in [5.41, 5.74) is 3.17. The van der Waals surface area contributed by atoms with Gasteiger partial charge in [0.2, 0.25) is 0 Å². The van der Waals surface area contributed by atoms with Gasteiger partial charge in [-0.1, -0.05) is 0 Å². The second kappa shape index (κ2) is 2.91. The molecule has 68 valence electrons. The number of hydrogen-bond donors (Lipinski definition) is 0. The first kappa shape index (κ1) is 8.35. The van der Waals surface area contributed by atoms with Gasteiger partial charge in [-0.2, -0.15) is 0 Å². The van der Waals surface area contributed by atoms with Crippen LogP contribution in [0.15, 0.2) is 0 Å². The van der Waals surface area contributed by atoms with E-state index < -0.39 is 0 Å². The fourth-order valence-corrected chi connectivity index (χ4v) is 1.82. The van der Waals surface area contributed by atoms with Crippen molar-refractivity contribution in [2.75, 3.05) is 0 Å². The summed E-state index contributed by atoms with van der Waals surface area (Å²) in [6.45, 7) is 3.86. The SMILES string of the molecule is Cc1nc(C)c2c(n1)CC(=O)CC2. The Bertz CT molecular complexity index is 371. The summed E-state index contributed by atoms with van der Waals surface area (Å²) < 4.78 is 0. The highest BCUT2D eigenvalue weighted by Crippen LogP contribution is 2.19. The molecular formula is C10H12N2O. The van der Waals surface area contributed by atoms with E-state index in [4.69, 9.17) is 0 Å². The van der Waals surface area contributed by atoms with Gasteiger partial charge in [0.25, 0.3) is 0 Å². The molecule has 0 atom stereocenters. The molecule has 0 amide bonds. The normalized spacial score (nSPS) is 15.7. The quantitative estimate of drug-likeness (QED) is 0.595. The van der Waals surface area contributed by atoms with E-state index >= 15 is 0 Å². The minimum Gasteiger partial charge on any atom is -0.299 e. The van der Waals surface area contributed by atoms with Gasteiger partial charge >= 0.3 is 0 Å². The van der Waals surface area contributed by atoms with Crippen molar-refractivity contribution in [2.45, 2.75) is 33.1 Å². The van der Waals surface area contributed by atoms with Gasteiger partial charge in [0, 0.05) is 18.5 Å². The molecule has 1 aliphatic carbocycles. The Morgan fingerprint density at radius 3 is 2.69 bits per heavy atom. The topological polar surface area (TPSA) is 42.9 Å². The summed E-state index contributed by atoms with van der Waals surface area (Å²) in [6.07, 6.45) is 1.97. The van der Waals surface area contributed by atoms with Crippen molar-refractivity contribution in [3.05, 3.63) is 22.8 Å². The number of hydrogen-bond acceptors (Lipinski definition) is 3. The lowest BCUT2D eigenvalue weighted by Crippen LogP contribution is -2.17. The Morgan fingerprint density at radius 2 is 1.92 bits per heavy atom. The smallest absolute Gasteiger partial charge is 0.139 e. The number of Topliss-reactive ketones (excluding diaryl/α,β-unsaturated/α-hetero) is 1. The highest BCUT2D eigenvalue weighted by molar-refractivity contribution is 5.82. The molecule has 1 heterocycles. The minimum atomic E-state index is 0.296. The first-order valence-electron chi connectivity index (χ1n) is 4.51. The molecule has 2 rings (SSSR count). The molecule has 0 aliphatic heterocycles. The maximum atomic E-state index is 11.2. The number of fused-ring (bicyclic) bond motifs is 1. The molecule has 3 nitrogen and oxygen atoms in total. The van der Waals surface area contributed by atoms with Crippen LogP contribution < -0.4 is 0 Å². The molecule has 0 bridgehead atoms. The Kier molecular flexibility index (Phi) is 1.87. The largest absolute Gasteiger partial charge is 0.299 e. The maximum absolute atomic E-state index is 11.2. The molecule has 13 heavy (non-hydrogen) atoms. The number of carbonyl (C=O) groups is 1. The van der Waals surface area contributed by atoms with Gasteiger partial charge in [0.05, 0.1) is 5.69 Å². The summed E-state index contributed by atoms with van der Waals surface area (Å²) in [6, 6.07) is 0. The van der Waals surface area contributed by atoms with Crippen molar-refractivity contribution < 1.29 is 4.79 Å². The zero-order valence-electron chi connectivity index (χ0n) is 7.92. The fraction of sp³-hybridized carbons (Fsp3) is 0.500. The van der Waals surface area contributed by atoms with Crippen molar-refractivity contribution in [1.82, 2.24) is 9.97 Å². The molecule has 0 radical (unpaired) electrons. The summed E-state index contributed by atoms with van der Waals surface area (Å²) in [5.74, 6) is 1.07. The first-order chi connectivity index (χ1) is 6.16. The van der Waals surface area contributed by atoms with E-state index in [0.29, 0.717) is 18.6 Å². The Morgan fingerprint density at radius 1 is 1.15 bits per heavy atom. The van der Waals surface area contributed by atoms with E-state index in [1.165, 1.54) is 5.56 Å². The molecular weight excluding hydrogens is 164 g/mol. The number of ketones is 1. The van der Waals surface area contributed by atoms with Crippen molar-refractivity contribution in [1.29, 1.82) is 0 Å². The van der Waals surface area contributed by atoms with Crippen molar-refractivity contribution in [3.8, 4) is 0 Å². The minimum absolute atomic E-state index is 0.296. The molecule has 1 aromatic rings. The Labute approximate surface area is 77.2 Å². The lowest BCUT2D eigenvalue weighted by atomic mass is 9.94. The zero-order chi connectivity index (χ0) is 9.42. The maximum Gasteiger partial charge on any atom is 0.139 e. The Hall–Kier alpha value is -1.25. The van der Waals surface area contributed by atoms with Gasteiger partial charge in [0.1, 0.15) is 11.6 Å². The molecule has 0 spiro atoms. The monoisotopic (exact) mass is 176 g/mol. The molecule has 1 aromatic heterocycles. The second-order valence-electron chi connectivity index (χ2n) is 3.50. The van der Waals surface area contributed by atoms with Gasteiger partial charge < -0.3 is 0 Å². The van der Waals surface area contributed by atoms with E-state index in [1.807, 2.05) is 13.8 Å². The average Bonchev–Trinajstić information content (AvgIpc) is 2.02. The van der Waals surface area contributed by atoms with E-state index in [9.17, 15) is 4.79 Å². The average molecular weight is 176 g/mol. The van der Waals surface area contributed by atoms with E-state index in [1.54, 1.807) is 0 Å². The predicted molar refractivity (Wildman–Crippen MR) is 48.5 cm³/mol. The molecule has 0 unspecified atom stereocenters. The molecule has 1 aliphatic rings. The third-order valence-electron chi connectivity index (χ3n) is 2.43. The molecule has 0 saturated heterocycles. The summed E-state index contributed by atoms with van der Waals surface area (Å²) in [4.78, 5) is 19.8. The van der Waals surface area contributed by atoms with Gasteiger partial charge in [0.15, 0.2) is 0 Å². The first-order valence-corrected chi connectivity index (χ1v) is 4.51. The number of aromatic nitrogens is 2. The van der Waals surface area contributed by atoms with Crippen LogP contribution in [0.25, 0.3) is 0 Å². The molecule has 0 aromatic carbocycles. The summed E-state index contributed by atoms with van der Waals surface area (Å²) in [5, 5.41) is 0. The van der Waals surface area contributed by atoms with Crippen LogP contribution in [-0.2, 0) is 17.6 Å². The number of aryl methyl sites for hydroxylation is 2. The standard InChI is InChI=1S/C10H12N2O/c1-6-9-4-3-8(13)5-10(9)12-7(2)11-6/h3-5H2,1-2H3. The third kappa shape index (κ3) is 1.46. The predicted octanol–water partition coefficient (Wildman–Crippen LogP) is 1.15. The molecule has 0 fully saturated rings. The molecule has 0 saturated carbocycles. The van der Waals surface area contributed by atoms with Gasteiger partial charge in [-0.3, -0.25) is 4.79 Å². The fourth-order valence-electron chi connectivity index (χ4n) is 1.82. The number of rotatable bonds is 0. The number of carbonyl (C=O) groups excluding carboxylic acids is 1. The lowest BCUT2D eigenvalue weighted by molar-refractivity contribution is -0.118. The highest BCUT2D eigenvalue weighted by Gasteiger charge is 2.19. The highest BCUT2D eigenvalue weighted by atomic mass is 16.1. The van der Waals surface area contributed by atoms with Crippen LogP contribution in [0.3, 0.4) is 0 Å². The van der Waals surface area contributed by atoms with Gasteiger partial charge in [-0.25, -0.2) is 9.97 Å². The van der Waals surface area contributed by atoms with Gasteiger partial charge in [-0.15, -0.1) is 0 Å². The van der Waals surface area contributed by atoms with Crippen LogP contribution in [0.1, 0.15) is 29.2 Å². The summed E-state index contributed by atoms with van der Waals surface area (Å²) >= 11 is 0. The molecule has 3 heteroatoms. The van der Waals surface area contributed by atoms with Crippen LogP contribution in [0.2, 0.25) is 0 Å². The van der Waals surface area contributed by atoms with Crippen LogP contribution >= 0.6 is 0 Å². The molecule has 0 N–H and O–H groups in total. The van der Waals surface area contributed by atoms with Crippen LogP contribution in [-0.4, -0.2) is 15.8 Å². The van der Waals surface area contributed by atoms with Crippen molar-refractivity contribution in [2.24, 2.45) is 0 Å². The zero-order valence-corrected chi connectivity index (χ0v) is 7.92. The van der Waals surface area contributed by atoms with Crippen LogP contribution in [0, 0.1) is 13.8 Å². The summed E-state index contributed by atoms with van der Waals surface area (Å²) in [7, 11) is 0. The van der Waals surface area contributed by atoms with Gasteiger partial charge in [-0.05, 0) is 25.8 Å². The van der Waals surface area contributed by atoms with Crippen LogP contribution in [0.5, 0.6) is 0 Å². The lowest BCUT2D eigenvalue weighted by Gasteiger charge is -2.15. The van der Waals surface area contributed by atoms with Crippen LogP contribution in [0.4, 0.5) is 0 Å². The third-order valence-corrected chi connectivity index (χ3v) is 2.43. The second-order valence-corrected chi connectivity index (χ2v) is 3.50. The number of nitrogens with zero attached hydrogens (tertiary/aromatic N) is 2. The van der Waals surface area contributed by atoms with Crippen molar-refractivity contribution >= 4 is 5.78 Å². The Balaban J connectivity index is 2.53. The van der Waals surface area contributed by atoms with E-state index in [0.717, 1.165) is 23.6 Å². The van der Waals surface area contributed by atoms with Crippen molar-refractivity contribution in [3.63, 3.8) is 0 Å². The van der Waals surface area contributed by atoms with E-state index in [-0.39, 0.29) is 0 Å². The van der Waals surface area contributed by atoms with E-state index in [2.05, 4.69) is 9.97 Å².